The molecule has 2 rings (SSSR count). The molecule has 100 valence electrons. The van der Waals surface area contributed by atoms with Gasteiger partial charge in [0.2, 0.25) is 6.79 Å². The monoisotopic (exact) mass is 252 g/mol. The molecule has 0 spiro atoms. The number of hydrogen-bond acceptors (Lipinski definition) is 5. The van der Waals surface area contributed by atoms with Gasteiger partial charge < -0.3 is 25.2 Å². The molecule has 0 radical (unpaired) electrons. The number of rotatable bonds is 4. The highest BCUT2D eigenvalue weighted by atomic mass is 16.7. The highest BCUT2D eigenvalue weighted by Gasteiger charge is 2.26. The zero-order valence-corrected chi connectivity index (χ0v) is 11.0. The van der Waals surface area contributed by atoms with Crippen LogP contribution >= 0.6 is 0 Å². The summed E-state index contributed by atoms with van der Waals surface area (Å²) in [7, 11) is 3.90. The first kappa shape index (κ1) is 13.1. The molecule has 0 amide bonds. The molecule has 5 nitrogen and oxygen atoms in total. The summed E-state index contributed by atoms with van der Waals surface area (Å²) in [5.41, 5.74) is 8.15. The zero-order chi connectivity index (χ0) is 13.3. The van der Waals surface area contributed by atoms with Crippen molar-refractivity contribution in [2.45, 2.75) is 19.0 Å². The number of ether oxygens (including phenoxy) is 2. The Labute approximate surface area is 107 Å². The second-order valence-electron chi connectivity index (χ2n) is 4.82. The Morgan fingerprint density at radius 3 is 2.50 bits per heavy atom. The van der Waals surface area contributed by atoms with Crippen LogP contribution in [0, 0.1) is 6.92 Å². The van der Waals surface area contributed by atoms with Crippen LogP contribution in [0.2, 0.25) is 0 Å². The van der Waals surface area contributed by atoms with Gasteiger partial charge in [0.1, 0.15) is 0 Å². The first-order valence-corrected chi connectivity index (χ1v) is 5.97. The summed E-state index contributed by atoms with van der Waals surface area (Å²) in [5, 5.41) is 9.29. The van der Waals surface area contributed by atoms with Gasteiger partial charge in [-0.15, -0.1) is 0 Å². The molecule has 2 atom stereocenters. The van der Waals surface area contributed by atoms with Crippen molar-refractivity contribution in [3.63, 3.8) is 0 Å². The summed E-state index contributed by atoms with van der Waals surface area (Å²) in [4.78, 5) is 2.01. The average Bonchev–Trinajstić information content (AvgIpc) is 2.75. The Morgan fingerprint density at radius 1 is 1.33 bits per heavy atom. The minimum absolute atomic E-state index is 0.0514. The zero-order valence-electron chi connectivity index (χ0n) is 11.0. The number of nitrogens with two attached hydrogens (primary N) is 1. The smallest absolute Gasteiger partial charge is 0.231 e. The van der Waals surface area contributed by atoms with Crippen LogP contribution < -0.4 is 15.2 Å². The van der Waals surface area contributed by atoms with E-state index in [1.807, 2.05) is 38.1 Å². The van der Waals surface area contributed by atoms with E-state index in [4.69, 9.17) is 15.2 Å². The Hall–Kier alpha value is -1.30. The summed E-state index contributed by atoms with van der Waals surface area (Å²) >= 11 is 0. The Kier molecular flexibility index (Phi) is 3.75. The van der Waals surface area contributed by atoms with E-state index in [-0.39, 0.29) is 25.5 Å². The maximum atomic E-state index is 9.29. The SMILES string of the molecule is Cc1cc2c(cc1C(C(N)CO)N(C)C)OCO2. The van der Waals surface area contributed by atoms with Gasteiger partial charge in [0.05, 0.1) is 12.6 Å². The third kappa shape index (κ3) is 2.29. The predicted molar refractivity (Wildman–Crippen MR) is 68.8 cm³/mol. The van der Waals surface area contributed by atoms with Gasteiger partial charge in [-0.1, -0.05) is 0 Å². The van der Waals surface area contributed by atoms with Crippen molar-refractivity contribution in [3.05, 3.63) is 23.3 Å². The van der Waals surface area contributed by atoms with Crippen LogP contribution in [0.1, 0.15) is 17.2 Å². The summed E-state index contributed by atoms with van der Waals surface area (Å²) < 4.78 is 10.7. The fraction of sp³-hybridized carbons (Fsp3) is 0.538. The lowest BCUT2D eigenvalue weighted by atomic mass is 9.94. The lowest BCUT2D eigenvalue weighted by Gasteiger charge is -2.30. The molecular weight excluding hydrogens is 232 g/mol. The second-order valence-corrected chi connectivity index (χ2v) is 4.82. The third-order valence-corrected chi connectivity index (χ3v) is 3.25. The molecule has 1 aliphatic rings. The molecule has 5 heteroatoms. The number of fused-ring (bicyclic) bond motifs is 1. The number of hydrogen-bond donors (Lipinski definition) is 2. The standard InChI is InChI=1S/C13H20N2O3/c1-8-4-11-12(18-7-17-11)5-9(8)13(15(2)3)10(14)6-16/h4-5,10,13,16H,6-7,14H2,1-3H3. The van der Waals surface area contributed by atoms with Gasteiger partial charge in [-0.3, -0.25) is 0 Å². The number of benzene rings is 1. The van der Waals surface area contributed by atoms with Gasteiger partial charge in [-0.25, -0.2) is 0 Å². The minimum atomic E-state index is -0.334. The number of nitrogens with zero attached hydrogens (tertiary/aromatic N) is 1. The first-order chi connectivity index (χ1) is 8.54. The van der Waals surface area contributed by atoms with E-state index >= 15 is 0 Å². The van der Waals surface area contributed by atoms with Gasteiger partial charge in [-0.05, 0) is 44.3 Å². The minimum Gasteiger partial charge on any atom is -0.454 e. The molecule has 0 fully saturated rings. The fourth-order valence-electron chi connectivity index (χ4n) is 2.37. The normalized spacial score (nSPS) is 17.0. The van der Waals surface area contributed by atoms with Crippen molar-refractivity contribution in [1.82, 2.24) is 4.90 Å². The van der Waals surface area contributed by atoms with Crippen LogP contribution in [-0.2, 0) is 0 Å². The number of aryl methyl sites for hydroxylation is 1. The van der Waals surface area contributed by atoms with Crippen molar-refractivity contribution in [2.75, 3.05) is 27.5 Å². The van der Waals surface area contributed by atoms with E-state index in [0.717, 1.165) is 22.6 Å². The highest BCUT2D eigenvalue weighted by Crippen LogP contribution is 2.38. The Morgan fingerprint density at radius 2 is 1.94 bits per heavy atom. The molecule has 1 aliphatic heterocycles. The molecular formula is C13H20N2O3. The van der Waals surface area contributed by atoms with Gasteiger partial charge in [-0.2, -0.15) is 0 Å². The van der Waals surface area contributed by atoms with Crippen LogP contribution in [0.3, 0.4) is 0 Å². The van der Waals surface area contributed by atoms with Crippen molar-refractivity contribution in [2.24, 2.45) is 5.73 Å². The molecule has 0 saturated heterocycles. The molecule has 1 heterocycles. The first-order valence-electron chi connectivity index (χ1n) is 5.97. The van der Waals surface area contributed by atoms with E-state index in [0.29, 0.717) is 0 Å². The van der Waals surface area contributed by atoms with Crippen molar-refractivity contribution in [1.29, 1.82) is 0 Å². The highest BCUT2D eigenvalue weighted by molar-refractivity contribution is 5.49. The molecule has 2 unspecified atom stereocenters. The molecule has 1 aromatic rings. The van der Waals surface area contributed by atoms with E-state index in [9.17, 15) is 5.11 Å². The molecule has 0 saturated carbocycles. The number of likely N-dealkylation sites (N-methyl/N-ethyl adjacent to an activating group) is 1. The maximum Gasteiger partial charge on any atom is 0.231 e. The van der Waals surface area contributed by atoms with Crippen LogP contribution in [0.5, 0.6) is 11.5 Å². The second kappa shape index (κ2) is 5.14. The van der Waals surface area contributed by atoms with Gasteiger partial charge in [0.15, 0.2) is 11.5 Å². The topological polar surface area (TPSA) is 68.0 Å². The van der Waals surface area contributed by atoms with Crippen LogP contribution in [0.4, 0.5) is 0 Å². The van der Waals surface area contributed by atoms with Gasteiger partial charge in [0.25, 0.3) is 0 Å². The molecule has 18 heavy (non-hydrogen) atoms. The molecule has 1 aromatic carbocycles. The summed E-state index contributed by atoms with van der Waals surface area (Å²) in [6.45, 7) is 2.21. The maximum absolute atomic E-state index is 9.29. The van der Waals surface area contributed by atoms with E-state index < -0.39 is 0 Å². The summed E-state index contributed by atoms with van der Waals surface area (Å²) in [6.07, 6.45) is 0. The Bertz CT molecular complexity index is 434. The fourth-order valence-corrected chi connectivity index (χ4v) is 2.37. The van der Waals surface area contributed by atoms with Crippen molar-refractivity contribution in [3.8, 4) is 11.5 Å². The van der Waals surface area contributed by atoms with Gasteiger partial charge in [0, 0.05) is 6.04 Å². The lowest BCUT2D eigenvalue weighted by Crippen LogP contribution is -2.40. The molecule has 0 aromatic heterocycles. The lowest BCUT2D eigenvalue weighted by molar-refractivity contribution is 0.173. The molecule has 3 N–H and O–H groups in total. The third-order valence-electron chi connectivity index (χ3n) is 3.25. The summed E-state index contributed by atoms with van der Waals surface area (Å²) in [6, 6.07) is 3.53. The predicted octanol–water partition coefficient (Wildman–Crippen LogP) is 0.646. The van der Waals surface area contributed by atoms with Crippen molar-refractivity contribution >= 4 is 0 Å². The Balaban J connectivity index is 2.41. The number of aliphatic hydroxyl groups excluding tert-OH is 1. The average molecular weight is 252 g/mol. The van der Waals surface area contributed by atoms with Crippen LogP contribution in [-0.4, -0.2) is 43.5 Å². The quantitative estimate of drug-likeness (QED) is 0.823. The number of aliphatic hydroxyl groups is 1. The van der Waals surface area contributed by atoms with Crippen LogP contribution in [0.15, 0.2) is 12.1 Å². The molecule has 0 aliphatic carbocycles. The van der Waals surface area contributed by atoms with E-state index in [1.165, 1.54) is 0 Å². The largest absolute Gasteiger partial charge is 0.454 e. The molecule has 0 bridgehead atoms. The van der Waals surface area contributed by atoms with Crippen molar-refractivity contribution < 1.29 is 14.6 Å². The van der Waals surface area contributed by atoms with Gasteiger partial charge >= 0.3 is 0 Å². The van der Waals surface area contributed by atoms with E-state index in [2.05, 4.69) is 0 Å². The summed E-state index contributed by atoms with van der Waals surface area (Å²) in [5.74, 6) is 1.51. The van der Waals surface area contributed by atoms with E-state index in [1.54, 1.807) is 0 Å². The van der Waals surface area contributed by atoms with Crippen LogP contribution in [0.25, 0.3) is 0 Å².